The lowest BCUT2D eigenvalue weighted by molar-refractivity contribution is -0.139. The summed E-state index contributed by atoms with van der Waals surface area (Å²) in [5, 5.41) is 0.382. The number of carbonyl (C=O) groups excluding carboxylic acids is 2. The number of rotatable bonds is 8. The highest BCUT2D eigenvalue weighted by molar-refractivity contribution is 7.98. The van der Waals surface area contributed by atoms with Crippen molar-refractivity contribution in [2.24, 2.45) is 0 Å². The summed E-state index contributed by atoms with van der Waals surface area (Å²) < 4.78 is 10.2. The Morgan fingerprint density at radius 2 is 2.04 bits per heavy atom. The average molecular weight is 376 g/mol. The number of nitrogens with zero attached hydrogens (tertiary/aromatic N) is 1. The highest BCUT2D eigenvalue weighted by Crippen LogP contribution is 2.27. The molecule has 0 aliphatic carbocycles. The van der Waals surface area contributed by atoms with Crippen LogP contribution in [0.25, 0.3) is 0 Å². The Hall–Kier alpha value is -2.61. The third-order valence-electron chi connectivity index (χ3n) is 3.46. The predicted octanol–water partition coefficient (Wildman–Crippen LogP) is 2.38. The van der Waals surface area contributed by atoms with Crippen molar-refractivity contribution in [3.63, 3.8) is 0 Å². The minimum atomic E-state index is -0.466. The molecule has 2 aromatic rings. The van der Waals surface area contributed by atoms with Gasteiger partial charge in [-0.1, -0.05) is 11.8 Å². The zero-order valence-electron chi connectivity index (χ0n) is 14.8. The van der Waals surface area contributed by atoms with E-state index >= 15 is 0 Å². The van der Waals surface area contributed by atoms with Crippen molar-refractivity contribution in [3.05, 3.63) is 51.4 Å². The number of ketones is 1. The molecule has 8 heteroatoms. The van der Waals surface area contributed by atoms with E-state index in [1.807, 2.05) is 6.92 Å². The molecule has 1 N–H and O–H groups in total. The third-order valence-corrected chi connectivity index (χ3v) is 4.38. The molecule has 0 saturated carbocycles. The van der Waals surface area contributed by atoms with Crippen LogP contribution in [-0.2, 0) is 21.7 Å². The van der Waals surface area contributed by atoms with E-state index in [2.05, 4.69) is 14.7 Å². The fourth-order valence-electron chi connectivity index (χ4n) is 2.22. The number of benzene rings is 1. The van der Waals surface area contributed by atoms with Gasteiger partial charge in [-0.3, -0.25) is 14.4 Å². The second kappa shape index (κ2) is 9.19. The van der Waals surface area contributed by atoms with Gasteiger partial charge in [-0.15, -0.1) is 0 Å². The Balaban J connectivity index is 2.22. The lowest BCUT2D eigenvalue weighted by Gasteiger charge is -2.11. The molecular formula is C18H20N2O5S. The number of methoxy groups -OCH3 is 1. The summed E-state index contributed by atoms with van der Waals surface area (Å²) in [6, 6.07) is 6.53. The largest absolute Gasteiger partial charge is 0.494 e. The Kier molecular flexibility index (Phi) is 6.97. The second-order valence-electron chi connectivity index (χ2n) is 5.40. The first-order valence-electron chi connectivity index (χ1n) is 7.99. The van der Waals surface area contributed by atoms with E-state index in [0.717, 1.165) is 5.56 Å². The van der Waals surface area contributed by atoms with Crippen LogP contribution in [0.4, 0.5) is 0 Å². The number of H-pyrrole nitrogens is 1. The molecule has 0 fully saturated rings. The molecule has 0 aliphatic heterocycles. The number of thioether (sulfide) groups is 1. The number of hydrogen-bond acceptors (Lipinski definition) is 7. The fourth-order valence-corrected chi connectivity index (χ4v) is 3.09. The van der Waals surface area contributed by atoms with Crippen molar-refractivity contribution < 1.29 is 19.1 Å². The number of Topliss-reactive ketones (excluding diaryl/α,β-unsaturated/α-hetero) is 1. The monoisotopic (exact) mass is 376 g/mol. The second-order valence-corrected chi connectivity index (χ2v) is 6.36. The van der Waals surface area contributed by atoms with Crippen LogP contribution >= 0.6 is 11.8 Å². The van der Waals surface area contributed by atoms with Gasteiger partial charge >= 0.3 is 5.97 Å². The number of aromatic amines is 1. The van der Waals surface area contributed by atoms with Gasteiger partial charge in [-0.25, -0.2) is 4.98 Å². The van der Waals surface area contributed by atoms with Crippen molar-refractivity contribution in [2.75, 3.05) is 13.7 Å². The van der Waals surface area contributed by atoms with Gasteiger partial charge in [-0.05, 0) is 32.0 Å². The SMILES string of the molecule is CCOc1ccc(C(C)=O)cc1CSc1nc(CC(=O)OC)cc(=O)[nH]1. The molecule has 0 aliphatic rings. The van der Waals surface area contributed by atoms with E-state index in [1.165, 1.54) is 31.9 Å². The van der Waals surface area contributed by atoms with E-state index in [0.29, 0.717) is 34.5 Å². The van der Waals surface area contributed by atoms with Crippen LogP contribution < -0.4 is 10.3 Å². The summed E-state index contributed by atoms with van der Waals surface area (Å²) in [6.45, 7) is 3.88. The normalized spacial score (nSPS) is 10.4. The summed E-state index contributed by atoms with van der Waals surface area (Å²) >= 11 is 1.29. The third kappa shape index (κ3) is 5.45. The average Bonchev–Trinajstić information content (AvgIpc) is 2.60. The first-order chi connectivity index (χ1) is 12.4. The number of carbonyl (C=O) groups is 2. The molecule has 0 amide bonds. The summed E-state index contributed by atoms with van der Waals surface area (Å²) in [6.07, 6.45) is -0.0714. The first-order valence-corrected chi connectivity index (χ1v) is 8.98. The maximum Gasteiger partial charge on any atom is 0.311 e. The quantitative estimate of drug-likeness (QED) is 0.327. The number of hydrogen-bond donors (Lipinski definition) is 1. The molecule has 1 aromatic carbocycles. The minimum Gasteiger partial charge on any atom is -0.494 e. The van der Waals surface area contributed by atoms with Crippen LogP contribution in [0.3, 0.4) is 0 Å². The van der Waals surface area contributed by atoms with Gasteiger partial charge in [0.25, 0.3) is 5.56 Å². The van der Waals surface area contributed by atoms with E-state index < -0.39 is 5.97 Å². The molecule has 0 saturated heterocycles. The first kappa shape index (κ1) is 19.7. The van der Waals surface area contributed by atoms with E-state index in [9.17, 15) is 14.4 Å². The van der Waals surface area contributed by atoms with E-state index in [-0.39, 0.29) is 17.8 Å². The van der Waals surface area contributed by atoms with Crippen LogP contribution in [-0.4, -0.2) is 35.4 Å². The van der Waals surface area contributed by atoms with Crippen molar-refractivity contribution in [3.8, 4) is 5.75 Å². The molecule has 138 valence electrons. The maximum atomic E-state index is 11.8. The zero-order valence-corrected chi connectivity index (χ0v) is 15.6. The van der Waals surface area contributed by atoms with Gasteiger partial charge in [0, 0.05) is 22.9 Å². The van der Waals surface area contributed by atoms with Crippen LogP contribution in [0.15, 0.2) is 34.2 Å². The number of aromatic nitrogens is 2. The molecule has 0 bridgehead atoms. The summed E-state index contributed by atoms with van der Waals surface area (Å²) in [7, 11) is 1.28. The summed E-state index contributed by atoms with van der Waals surface area (Å²) in [4.78, 5) is 41.7. The van der Waals surface area contributed by atoms with Crippen LogP contribution in [0.2, 0.25) is 0 Å². The van der Waals surface area contributed by atoms with E-state index in [1.54, 1.807) is 18.2 Å². The highest BCUT2D eigenvalue weighted by Gasteiger charge is 2.11. The number of nitrogens with one attached hydrogen (secondary N) is 1. The Morgan fingerprint density at radius 3 is 2.69 bits per heavy atom. The highest BCUT2D eigenvalue weighted by atomic mass is 32.2. The molecular weight excluding hydrogens is 356 g/mol. The van der Waals surface area contributed by atoms with Gasteiger partial charge in [-0.2, -0.15) is 0 Å². The van der Waals surface area contributed by atoms with Crippen LogP contribution in [0.1, 0.15) is 35.5 Å². The molecule has 0 spiro atoms. The molecule has 0 atom stereocenters. The van der Waals surface area contributed by atoms with Crippen LogP contribution in [0, 0.1) is 0 Å². The standard InChI is InChI=1S/C18H20N2O5S/c1-4-25-15-6-5-12(11(2)21)7-13(15)10-26-18-19-14(8-16(22)20-18)9-17(23)24-3/h5-8H,4,9-10H2,1-3H3,(H,19,20,22). The predicted molar refractivity (Wildman–Crippen MR) is 97.8 cm³/mol. The zero-order chi connectivity index (χ0) is 19.1. The fraction of sp³-hybridized carbons (Fsp3) is 0.333. The topological polar surface area (TPSA) is 98.3 Å². The van der Waals surface area contributed by atoms with Gasteiger partial charge in [0.05, 0.1) is 25.8 Å². The molecule has 1 aromatic heterocycles. The molecule has 1 heterocycles. The van der Waals surface area contributed by atoms with Crippen molar-refractivity contribution in [2.45, 2.75) is 31.2 Å². The molecule has 2 rings (SSSR count). The van der Waals surface area contributed by atoms with Gasteiger partial charge in [0.1, 0.15) is 5.75 Å². The Morgan fingerprint density at radius 1 is 1.27 bits per heavy atom. The number of ether oxygens (including phenoxy) is 2. The van der Waals surface area contributed by atoms with Crippen LogP contribution in [0.5, 0.6) is 5.75 Å². The smallest absolute Gasteiger partial charge is 0.311 e. The molecule has 26 heavy (non-hydrogen) atoms. The summed E-state index contributed by atoms with van der Waals surface area (Å²) in [5.41, 5.74) is 1.41. The lowest BCUT2D eigenvalue weighted by atomic mass is 10.1. The molecule has 7 nitrogen and oxygen atoms in total. The van der Waals surface area contributed by atoms with Gasteiger partial charge in [0.15, 0.2) is 10.9 Å². The van der Waals surface area contributed by atoms with E-state index in [4.69, 9.17) is 4.74 Å². The maximum absolute atomic E-state index is 11.8. The van der Waals surface area contributed by atoms with Gasteiger partial charge < -0.3 is 14.5 Å². The summed E-state index contributed by atoms with van der Waals surface area (Å²) in [5.74, 6) is 0.622. The minimum absolute atomic E-state index is 0.0362. The number of esters is 1. The van der Waals surface area contributed by atoms with Crippen molar-refractivity contribution in [1.29, 1.82) is 0 Å². The Labute approximate surface area is 155 Å². The lowest BCUT2D eigenvalue weighted by Crippen LogP contribution is -2.14. The molecule has 0 unspecified atom stereocenters. The van der Waals surface area contributed by atoms with Crippen molar-refractivity contribution >= 4 is 23.5 Å². The Bertz CT molecular complexity index is 863. The van der Waals surface area contributed by atoms with Gasteiger partial charge in [0.2, 0.25) is 0 Å². The molecule has 0 radical (unpaired) electrons. The van der Waals surface area contributed by atoms with Crippen molar-refractivity contribution in [1.82, 2.24) is 9.97 Å².